The minimum absolute atomic E-state index is 0.169. The first kappa shape index (κ1) is 18.2. The minimum atomic E-state index is -0.776. The maximum atomic E-state index is 12.3. The van der Waals surface area contributed by atoms with Crippen molar-refractivity contribution in [1.29, 1.82) is 0 Å². The lowest BCUT2D eigenvalue weighted by molar-refractivity contribution is -0.160. The lowest BCUT2D eigenvalue weighted by Gasteiger charge is -2.32. The zero-order chi connectivity index (χ0) is 17.4. The van der Waals surface area contributed by atoms with Crippen molar-refractivity contribution in [3.8, 4) is 0 Å². The van der Waals surface area contributed by atoms with E-state index < -0.39 is 6.10 Å². The standard InChI is InChI=1S/C19H26N2O3/c1-3-11-20-18(22)15(2)24-19(23)17-10-7-12-21(14-17)13-16-8-5-4-6-9-16/h3-6,8-9,15,17H,1,7,10-14H2,2H3,(H,20,22)/t15-,17+/m0/s1. The molecule has 1 N–H and O–H groups in total. The highest BCUT2D eigenvalue weighted by atomic mass is 16.5. The van der Waals surface area contributed by atoms with Crippen LogP contribution < -0.4 is 5.32 Å². The SMILES string of the molecule is C=CCNC(=O)[C@H](C)OC(=O)[C@@H]1CCCN(Cc2ccccc2)C1. The third kappa shape index (κ3) is 5.49. The summed E-state index contributed by atoms with van der Waals surface area (Å²) in [4.78, 5) is 26.4. The summed E-state index contributed by atoms with van der Waals surface area (Å²) in [6.45, 7) is 8.00. The van der Waals surface area contributed by atoms with Crippen LogP contribution in [-0.2, 0) is 20.9 Å². The Morgan fingerprint density at radius 2 is 2.17 bits per heavy atom. The lowest BCUT2D eigenvalue weighted by atomic mass is 9.97. The summed E-state index contributed by atoms with van der Waals surface area (Å²) in [5, 5.41) is 2.64. The van der Waals surface area contributed by atoms with Crippen LogP contribution in [0.2, 0.25) is 0 Å². The molecule has 1 aliphatic heterocycles. The summed E-state index contributed by atoms with van der Waals surface area (Å²) in [5.74, 6) is -0.744. The molecule has 0 bridgehead atoms. The van der Waals surface area contributed by atoms with Gasteiger partial charge >= 0.3 is 5.97 Å². The second-order valence-corrected chi connectivity index (χ2v) is 6.17. The van der Waals surface area contributed by atoms with Gasteiger partial charge in [-0.05, 0) is 31.9 Å². The smallest absolute Gasteiger partial charge is 0.311 e. The van der Waals surface area contributed by atoms with Gasteiger partial charge in [-0.15, -0.1) is 6.58 Å². The molecule has 5 heteroatoms. The second kappa shape index (κ2) is 9.23. The van der Waals surface area contributed by atoms with Crippen LogP contribution in [0.3, 0.4) is 0 Å². The average Bonchev–Trinajstić information content (AvgIpc) is 2.60. The molecule has 1 aromatic rings. The van der Waals surface area contributed by atoms with Gasteiger partial charge in [0.25, 0.3) is 5.91 Å². The van der Waals surface area contributed by atoms with Gasteiger partial charge in [-0.3, -0.25) is 14.5 Å². The predicted octanol–water partition coefficient (Wildman–Crippen LogP) is 2.13. The van der Waals surface area contributed by atoms with E-state index in [1.807, 2.05) is 18.2 Å². The van der Waals surface area contributed by atoms with Crippen molar-refractivity contribution >= 4 is 11.9 Å². The molecular weight excluding hydrogens is 304 g/mol. The van der Waals surface area contributed by atoms with E-state index in [-0.39, 0.29) is 17.8 Å². The van der Waals surface area contributed by atoms with Gasteiger partial charge in [0, 0.05) is 19.6 Å². The molecule has 1 heterocycles. The molecule has 0 aliphatic carbocycles. The highest BCUT2D eigenvalue weighted by molar-refractivity contribution is 5.84. The summed E-state index contributed by atoms with van der Waals surface area (Å²) < 4.78 is 5.34. The molecular formula is C19H26N2O3. The van der Waals surface area contributed by atoms with Gasteiger partial charge in [0.1, 0.15) is 0 Å². The van der Waals surface area contributed by atoms with Crippen molar-refractivity contribution in [2.24, 2.45) is 5.92 Å². The van der Waals surface area contributed by atoms with Crippen LogP contribution in [-0.4, -0.2) is 42.5 Å². The number of carbonyl (C=O) groups is 2. The Hall–Kier alpha value is -2.14. The van der Waals surface area contributed by atoms with Crippen LogP contribution in [0.1, 0.15) is 25.3 Å². The molecule has 2 atom stereocenters. The summed E-state index contributed by atoms with van der Waals surface area (Å²) in [7, 11) is 0. The van der Waals surface area contributed by atoms with Crippen LogP contribution in [0.25, 0.3) is 0 Å². The highest BCUT2D eigenvalue weighted by Crippen LogP contribution is 2.20. The number of benzene rings is 1. The Morgan fingerprint density at radius 3 is 2.88 bits per heavy atom. The Balaban J connectivity index is 1.83. The van der Waals surface area contributed by atoms with Gasteiger partial charge in [0.05, 0.1) is 5.92 Å². The van der Waals surface area contributed by atoms with Crippen LogP contribution >= 0.6 is 0 Å². The van der Waals surface area contributed by atoms with E-state index in [2.05, 4.69) is 28.9 Å². The van der Waals surface area contributed by atoms with Gasteiger partial charge in [0.2, 0.25) is 0 Å². The van der Waals surface area contributed by atoms with E-state index in [0.717, 1.165) is 25.9 Å². The zero-order valence-corrected chi connectivity index (χ0v) is 14.2. The van der Waals surface area contributed by atoms with Gasteiger partial charge < -0.3 is 10.1 Å². The topological polar surface area (TPSA) is 58.6 Å². The first-order valence-corrected chi connectivity index (χ1v) is 8.45. The number of carbonyl (C=O) groups excluding carboxylic acids is 2. The minimum Gasteiger partial charge on any atom is -0.452 e. The number of nitrogens with zero attached hydrogens (tertiary/aromatic N) is 1. The Bertz CT molecular complexity index is 559. The fraction of sp³-hybridized carbons (Fsp3) is 0.474. The summed E-state index contributed by atoms with van der Waals surface area (Å²) in [5.41, 5.74) is 1.24. The molecule has 130 valence electrons. The number of likely N-dealkylation sites (tertiary alicyclic amines) is 1. The van der Waals surface area contributed by atoms with E-state index >= 15 is 0 Å². The van der Waals surface area contributed by atoms with E-state index in [0.29, 0.717) is 13.1 Å². The van der Waals surface area contributed by atoms with Crippen molar-refractivity contribution in [1.82, 2.24) is 10.2 Å². The first-order chi connectivity index (χ1) is 11.6. The molecule has 5 nitrogen and oxygen atoms in total. The number of amides is 1. The Kier molecular flexibility index (Phi) is 7.00. The fourth-order valence-electron chi connectivity index (χ4n) is 2.87. The molecule has 0 spiro atoms. The summed E-state index contributed by atoms with van der Waals surface area (Å²) in [6.07, 6.45) is 2.59. The number of nitrogens with one attached hydrogen (secondary N) is 1. The number of rotatable bonds is 7. The second-order valence-electron chi connectivity index (χ2n) is 6.17. The maximum Gasteiger partial charge on any atom is 0.311 e. The van der Waals surface area contributed by atoms with Crippen LogP contribution in [0, 0.1) is 5.92 Å². The zero-order valence-electron chi connectivity index (χ0n) is 14.2. The molecule has 2 rings (SSSR count). The van der Waals surface area contributed by atoms with E-state index in [4.69, 9.17) is 4.74 Å². The predicted molar refractivity (Wildman–Crippen MR) is 93.2 cm³/mol. The van der Waals surface area contributed by atoms with Crippen molar-refractivity contribution in [2.45, 2.75) is 32.4 Å². The molecule has 0 saturated carbocycles. The molecule has 0 radical (unpaired) electrons. The van der Waals surface area contributed by atoms with Crippen LogP contribution in [0.4, 0.5) is 0 Å². The quantitative estimate of drug-likeness (QED) is 0.615. The van der Waals surface area contributed by atoms with Gasteiger partial charge in [-0.2, -0.15) is 0 Å². The van der Waals surface area contributed by atoms with Crippen molar-refractivity contribution in [3.05, 3.63) is 48.6 Å². The Morgan fingerprint density at radius 1 is 1.42 bits per heavy atom. The molecule has 1 aromatic carbocycles. The third-order valence-corrected chi connectivity index (χ3v) is 4.17. The molecule has 0 unspecified atom stereocenters. The average molecular weight is 330 g/mol. The number of ether oxygens (including phenoxy) is 1. The highest BCUT2D eigenvalue weighted by Gasteiger charge is 2.29. The lowest BCUT2D eigenvalue weighted by Crippen LogP contribution is -2.42. The van der Waals surface area contributed by atoms with Gasteiger partial charge in [-0.1, -0.05) is 36.4 Å². The van der Waals surface area contributed by atoms with Crippen molar-refractivity contribution in [2.75, 3.05) is 19.6 Å². The fourth-order valence-corrected chi connectivity index (χ4v) is 2.87. The number of esters is 1. The molecule has 1 fully saturated rings. The van der Waals surface area contributed by atoms with Crippen LogP contribution in [0.15, 0.2) is 43.0 Å². The molecule has 1 aliphatic rings. The molecule has 0 aromatic heterocycles. The number of hydrogen-bond donors (Lipinski definition) is 1. The summed E-state index contributed by atoms with van der Waals surface area (Å²) >= 11 is 0. The number of piperidine rings is 1. The van der Waals surface area contributed by atoms with Crippen LogP contribution in [0.5, 0.6) is 0 Å². The largest absolute Gasteiger partial charge is 0.452 e. The molecule has 1 amide bonds. The van der Waals surface area contributed by atoms with E-state index in [1.54, 1.807) is 13.0 Å². The van der Waals surface area contributed by atoms with Crippen molar-refractivity contribution in [3.63, 3.8) is 0 Å². The monoisotopic (exact) mass is 330 g/mol. The first-order valence-electron chi connectivity index (χ1n) is 8.45. The molecule has 1 saturated heterocycles. The molecule has 24 heavy (non-hydrogen) atoms. The number of hydrogen-bond acceptors (Lipinski definition) is 4. The third-order valence-electron chi connectivity index (χ3n) is 4.17. The van der Waals surface area contributed by atoms with Gasteiger partial charge in [0.15, 0.2) is 6.10 Å². The van der Waals surface area contributed by atoms with Crippen molar-refractivity contribution < 1.29 is 14.3 Å². The van der Waals surface area contributed by atoms with Gasteiger partial charge in [-0.25, -0.2) is 0 Å². The van der Waals surface area contributed by atoms with E-state index in [9.17, 15) is 9.59 Å². The summed E-state index contributed by atoms with van der Waals surface area (Å²) in [6, 6.07) is 10.2. The maximum absolute atomic E-state index is 12.3. The Labute approximate surface area is 143 Å². The van der Waals surface area contributed by atoms with E-state index in [1.165, 1.54) is 5.56 Å². The normalized spacial score (nSPS) is 19.3.